The van der Waals surface area contributed by atoms with Crippen LogP contribution in [0.25, 0.3) is 0 Å². The van der Waals surface area contributed by atoms with Crippen molar-refractivity contribution in [3.63, 3.8) is 0 Å². The molecule has 0 bridgehead atoms. The highest BCUT2D eigenvalue weighted by Crippen LogP contribution is 2.17. The van der Waals surface area contributed by atoms with Gasteiger partial charge < -0.3 is 19.9 Å². The van der Waals surface area contributed by atoms with Crippen LogP contribution in [0, 0.1) is 6.92 Å². The first-order valence-electron chi connectivity index (χ1n) is 6.91. The number of pyridine rings is 1. The van der Waals surface area contributed by atoms with Crippen molar-refractivity contribution in [3.05, 3.63) is 27.7 Å². The number of aryl methyl sites for hydroxylation is 1. The maximum atomic E-state index is 11.7. The molecule has 1 heterocycles. The number of aromatic hydroxyl groups is 1. The molecule has 1 rings (SSSR count). The van der Waals surface area contributed by atoms with Crippen LogP contribution in [0.15, 0.2) is 10.9 Å². The normalized spacial score (nSPS) is 11.2. The van der Waals surface area contributed by atoms with Gasteiger partial charge in [0.15, 0.2) is 5.75 Å². The number of likely N-dealkylation sites (N-methyl/N-ethyl adjacent to an activating group) is 1. The summed E-state index contributed by atoms with van der Waals surface area (Å²) < 4.78 is 1.85. The minimum absolute atomic E-state index is 0.0291. The van der Waals surface area contributed by atoms with E-state index in [-0.39, 0.29) is 19.0 Å². The van der Waals surface area contributed by atoms with Gasteiger partial charge in [-0.15, -0.1) is 0 Å². The molecule has 0 aliphatic heterocycles. The Morgan fingerprint density at radius 2 is 2.00 bits per heavy atom. The van der Waals surface area contributed by atoms with E-state index in [0.717, 1.165) is 5.69 Å². The summed E-state index contributed by atoms with van der Waals surface area (Å²) in [4.78, 5) is 13.7. The van der Waals surface area contributed by atoms with Crippen molar-refractivity contribution < 1.29 is 15.3 Å². The molecule has 0 saturated heterocycles. The summed E-state index contributed by atoms with van der Waals surface area (Å²) in [5, 5.41) is 28.0. The molecule has 0 aliphatic carbocycles. The lowest BCUT2D eigenvalue weighted by Gasteiger charge is -2.24. The lowest BCUT2D eigenvalue weighted by molar-refractivity contribution is 0.191. The van der Waals surface area contributed by atoms with Crippen molar-refractivity contribution in [1.82, 2.24) is 9.47 Å². The Hall–Kier alpha value is -1.37. The fourth-order valence-electron chi connectivity index (χ4n) is 2.22. The minimum atomic E-state index is -0.391. The third kappa shape index (κ3) is 4.06. The van der Waals surface area contributed by atoms with E-state index in [0.29, 0.717) is 38.3 Å². The molecule has 0 aliphatic rings. The second kappa shape index (κ2) is 8.04. The predicted molar refractivity (Wildman–Crippen MR) is 76.8 cm³/mol. The van der Waals surface area contributed by atoms with Crippen LogP contribution in [0.1, 0.15) is 24.7 Å². The molecule has 6 heteroatoms. The lowest BCUT2D eigenvalue weighted by atomic mass is 10.2. The van der Waals surface area contributed by atoms with Crippen LogP contribution in [-0.2, 0) is 13.1 Å². The molecule has 0 spiro atoms. The summed E-state index contributed by atoms with van der Waals surface area (Å²) >= 11 is 0. The van der Waals surface area contributed by atoms with E-state index in [1.807, 2.05) is 23.3 Å². The summed E-state index contributed by atoms with van der Waals surface area (Å²) in [6.45, 7) is 5.98. The zero-order valence-corrected chi connectivity index (χ0v) is 12.2. The molecule has 0 aromatic carbocycles. The molecule has 1 aromatic heterocycles. The summed E-state index contributed by atoms with van der Waals surface area (Å²) in [5.74, 6) is -0.245. The van der Waals surface area contributed by atoms with E-state index in [1.165, 1.54) is 6.07 Å². The number of hydrogen-bond donors (Lipinski definition) is 3. The van der Waals surface area contributed by atoms with Crippen molar-refractivity contribution in [3.8, 4) is 5.75 Å². The topological polar surface area (TPSA) is 85.9 Å². The fraction of sp³-hybridized carbons (Fsp3) is 0.643. The Labute approximate surface area is 118 Å². The second-order valence-electron chi connectivity index (χ2n) is 4.77. The third-order valence-electron chi connectivity index (χ3n) is 3.37. The van der Waals surface area contributed by atoms with Gasteiger partial charge in [-0.25, -0.2) is 0 Å². The summed E-state index contributed by atoms with van der Waals surface area (Å²) in [7, 11) is 0. The van der Waals surface area contributed by atoms with Crippen molar-refractivity contribution in [2.45, 2.75) is 33.4 Å². The highest BCUT2D eigenvalue weighted by Gasteiger charge is 2.15. The number of aromatic nitrogens is 1. The first kappa shape index (κ1) is 16.7. The lowest BCUT2D eigenvalue weighted by Crippen LogP contribution is -2.29. The molecule has 20 heavy (non-hydrogen) atoms. The number of nitrogens with zero attached hydrogens (tertiary/aromatic N) is 2. The van der Waals surface area contributed by atoms with Gasteiger partial charge in [0.2, 0.25) is 5.43 Å². The molecule has 0 amide bonds. The van der Waals surface area contributed by atoms with Crippen LogP contribution in [-0.4, -0.2) is 51.1 Å². The van der Waals surface area contributed by atoms with Crippen molar-refractivity contribution >= 4 is 0 Å². The zero-order chi connectivity index (χ0) is 15.1. The summed E-state index contributed by atoms with van der Waals surface area (Å²) in [6.07, 6.45) is 0.558. The van der Waals surface area contributed by atoms with Crippen LogP contribution in [0.2, 0.25) is 0 Å². The molecule has 6 nitrogen and oxygen atoms in total. The number of hydrogen-bond acceptors (Lipinski definition) is 5. The van der Waals surface area contributed by atoms with Gasteiger partial charge in [-0.2, -0.15) is 0 Å². The molecule has 0 radical (unpaired) electrons. The average Bonchev–Trinajstić information content (AvgIpc) is 2.43. The summed E-state index contributed by atoms with van der Waals surface area (Å²) in [6, 6.07) is 1.40. The first-order valence-corrected chi connectivity index (χ1v) is 6.91. The van der Waals surface area contributed by atoms with Crippen LogP contribution in [0.4, 0.5) is 0 Å². The van der Waals surface area contributed by atoms with Gasteiger partial charge in [-0.05, 0) is 19.9 Å². The highest BCUT2D eigenvalue weighted by atomic mass is 16.3. The van der Waals surface area contributed by atoms with Crippen molar-refractivity contribution in [2.24, 2.45) is 0 Å². The monoisotopic (exact) mass is 284 g/mol. The average molecular weight is 284 g/mol. The van der Waals surface area contributed by atoms with E-state index >= 15 is 0 Å². The van der Waals surface area contributed by atoms with Crippen LogP contribution in [0.5, 0.6) is 5.75 Å². The maximum absolute atomic E-state index is 11.7. The summed E-state index contributed by atoms with van der Waals surface area (Å²) in [5.41, 5.74) is 0.910. The third-order valence-corrected chi connectivity index (χ3v) is 3.37. The zero-order valence-electron chi connectivity index (χ0n) is 12.2. The van der Waals surface area contributed by atoms with E-state index < -0.39 is 5.43 Å². The van der Waals surface area contributed by atoms with Crippen LogP contribution in [0.3, 0.4) is 0 Å². The standard InChI is InChI=1S/C14H24N2O4/c1-3-15(6-8-18)10-12-14(20)13(19)9-11(2)16(12)5-4-7-17/h9,17-18,20H,3-8,10H2,1-2H3. The molecular weight excluding hydrogens is 260 g/mol. The van der Waals surface area contributed by atoms with Gasteiger partial charge in [0.05, 0.1) is 12.3 Å². The molecule has 3 N–H and O–H groups in total. The Kier molecular flexibility index (Phi) is 6.70. The predicted octanol–water partition coefficient (Wildman–Crippen LogP) is 0.0589. The molecule has 114 valence electrons. The number of aliphatic hydroxyl groups excluding tert-OH is 2. The van der Waals surface area contributed by atoms with Crippen LogP contribution < -0.4 is 5.43 Å². The molecule has 0 saturated carbocycles. The number of rotatable bonds is 8. The van der Waals surface area contributed by atoms with Crippen molar-refractivity contribution in [2.75, 3.05) is 26.3 Å². The van der Waals surface area contributed by atoms with E-state index in [2.05, 4.69) is 0 Å². The molecule has 0 unspecified atom stereocenters. The van der Waals surface area contributed by atoms with Gasteiger partial charge in [-0.3, -0.25) is 9.69 Å². The van der Waals surface area contributed by atoms with Gasteiger partial charge in [0, 0.05) is 38.0 Å². The fourth-order valence-corrected chi connectivity index (χ4v) is 2.22. The first-order chi connectivity index (χ1) is 9.54. The van der Waals surface area contributed by atoms with Gasteiger partial charge in [0.1, 0.15) is 0 Å². The largest absolute Gasteiger partial charge is 0.503 e. The quantitative estimate of drug-likeness (QED) is 0.628. The Morgan fingerprint density at radius 1 is 1.30 bits per heavy atom. The Bertz CT molecular complexity index is 485. The molecule has 1 aromatic rings. The van der Waals surface area contributed by atoms with E-state index in [9.17, 15) is 9.90 Å². The van der Waals surface area contributed by atoms with Gasteiger partial charge in [0.25, 0.3) is 0 Å². The van der Waals surface area contributed by atoms with Gasteiger partial charge in [-0.1, -0.05) is 6.92 Å². The number of aliphatic hydroxyl groups is 2. The Balaban J connectivity index is 3.15. The molecule has 0 fully saturated rings. The highest BCUT2D eigenvalue weighted by molar-refractivity contribution is 5.29. The second-order valence-corrected chi connectivity index (χ2v) is 4.77. The van der Waals surface area contributed by atoms with E-state index in [1.54, 1.807) is 0 Å². The van der Waals surface area contributed by atoms with Crippen molar-refractivity contribution in [1.29, 1.82) is 0 Å². The Morgan fingerprint density at radius 3 is 2.55 bits per heavy atom. The smallest absolute Gasteiger partial charge is 0.223 e. The maximum Gasteiger partial charge on any atom is 0.223 e. The molecule has 0 atom stereocenters. The van der Waals surface area contributed by atoms with Gasteiger partial charge >= 0.3 is 0 Å². The SMILES string of the molecule is CCN(CCO)Cc1c(O)c(=O)cc(C)n1CCCO. The van der Waals surface area contributed by atoms with Crippen LogP contribution >= 0.6 is 0 Å². The van der Waals surface area contributed by atoms with E-state index in [4.69, 9.17) is 10.2 Å². The minimum Gasteiger partial charge on any atom is -0.503 e. The molecular formula is C14H24N2O4.